The van der Waals surface area contributed by atoms with E-state index in [2.05, 4.69) is 149 Å². The number of amidine groups is 2. The molecule has 9 aromatic rings. The third-order valence-electron chi connectivity index (χ3n) is 9.43. The van der Waals surface area contributed by atoms with Gasteiger partial charge >= 0.3 is 0 Å². The van der Waals surface area contributed by atoms with Crippen LogP contribution >= 0.6 is 11.3 Å². The van der Waals surface area contributed by atoms with Crippen molar-refractivity contribution in [2.75, 3.05) is 0 Å². The maximum atomic E-state index is 5.14. The molecule has 226 valence electrons. The van der Waals surface area contributed by atoms with Gasteiger partial charge in [-0.2, -0.15) is 0 Å². The molecular weight excluding hydrogens is 605 g/mol. The molecule has 0 amide bonds. The van der Waals surface area contributed by atoms with Crippen LogP contribution in [0.15, 0.2) is 168 Å². The average molecular weight is 633 g/mol. The van der Waals surface area contributed by atoms with Gasteiger partial charge in [0, 0.05) is 47.8 Å². The van der Waals surface area contributed by atoms with Gasteiger partial charge in [0.2, 0.25) is 0 Å². The number of para-hydroxylation sites is 1. The van der Waals surface area contributed by atoms with E-state index in [1.165, 1.54) is 52.8 Å². The van der Waals surface area contributed by atoms with E-state index in [1.807, 2.05) is 29.5 Å². The van der Waals surface area contributed by atoms with Crippen LogP contribution in [0.1, 0.15) is 22.9 Å². The molecule has 1 aliphatic rings. The van der Waals surface area contributed by atoms with Crippen LogP contribution in [-0.2, 0) is 0 Å². The van der Waals surface area contributed by atoms with Crippen molar-refractivity contribution in [1.82, 2.24) is 9.88 Å². The lowest BCUT2D eigenvalue weighted by atomic mass is 10.1. The van der Waals surface area contributed by atoms with E-state index in [9.17, 15) is 0 Å². The number of rotatable bonds is 4. The van der Waals surface area contributed by atoms with Gasteiger partial charge in [-0.05, 0) is 58.8 Å². The van der Waals surface area contributed by atoms with Crippen LogP contribution in [0, 0.1) is 0 Å². The Balaban J connectivity index is 1.07. The molecule has 1 N–H and O–H groups in total. The minimum Gasteiger partial charge on any atom is -0.344 e. The normalized spacial score (nSPS) is 14.9. The van der Waals surface area contributed by atoms with Crippen molar-refractivity contribution in [3.05, 3.63) is 174 Å². The van der Waals surface area contributed by atoms with E-state index in [0.29, 0.717) is 0 Å². The summed E-state index contributed by atoms with van der Waals surface area (Å²) in [5.41, 5.74) is 6.65. The quantitative estimate of drug-likeness (QED) is 0.206. The largest absolute Gasteiger partial charge is 0.344 e. The van der Waals surface area contributed by atoms with Crippen LogP contribution in [0.25, 0.3) is 58.4 Å². The van der Waals surface area contributed by atoms with E-state index in [4.69, 9.17) is 9.98 Å². The molecule has 7 aromatic carbocycles. The predicted molar refractivity (Wildman–Crippen MR) is 203 cm³/mol. The fourth-order valence-electron chi connectivity index (χ4n) is 7.10. The number of hydrogen-bond donors (Lipinski definition) is 1. The molecule has 4 nitrogen and oxygen atoms in total. The highest BCUT2D eigenvalue weighted by atomic mass is 32.1. The number of nitrogens with one attached hydrogen (secondary N) is 1. The summed E-state index contributed by atoms with van der Waals surface area (Å²) in [6, 6.07) is 56.2. The number of benzene rings is 7. The highest BCUT2D eigenvalue weighted by Gasteiger charge is 2.22. The Morgan fingerprint density at radius 3 is 2.08 bits per heavy atom. The maximum Gasteiger partial charge on any atom is 0.159 e. The van der Waals surface area contributed by atoms with Gasteiger partial charge in [-0.3, -0.25) is 0 Å². The van der Waals surface area contributed by atoms with Crippen molar-refractivity contribution in [3.63, 3.8) is 0 Å². The molecule has 0 saturated carbocycles. The molecule has 0 aliphatic carbocycles. The highest BCUT2D eigenvalue weighted by Crippen LogP contribution is 2.36. The fraction of sp³-hybridized carbons (Fsp3) is 0.0233. The molecule has 0 radical (unpaired) electrons. The van der Waals surface area contributed by atoms with Crippen molar-refractivity contribution in [2.45, 2.75) is 6.17 Å². The summed E-state index contributed by atoms with van der Waals surface area (Å²) in [5.74, 6) is 1.55. The molecule has 1 aliphatic heterocycles. The molecule has 0 saturated heterocycles. The Hall–Kier alpha value is -6.04. The summed E-state index contributed by atoms with van der Waals surface area (Å²) in [6.45, 7) is 0. The van der Waals surface area contributed by atoms with Crippen LogP contribution in [0.4, 0.5) is 0 Å². The van der Waals surface area contributed by atoms with Gasteiger partial charge in [-0.1, -0.05) is 115 Å². The van der Waals surface area contributed by atoms with Crippen molar-refractivity contribution < 1.29 is 0 Å². The molecule has 0 spiro atoms. The van der Waals surface area contributed by atoms with Crippen LogP contribution in [-0.4, -0.2) is 16.2 Å². The minimum absolute atomic E-state index is 0.290. The lowest BCUT2D eigenvalue weighted by Gasteiger charge is -2.24. The molecule has 0 bridgehead atoms. The summed E-state index contributed by atoms with van der Waals surface area (Å²) in [7, 11) is 0. The standard InChI is InChI=1S/C43H28N4S/c1-2-10-27(11-3-1)41-44-42(46-43(45-41)31-20-23-35-34-15-7-9-17-39(34)48-40(35)26-31)28-18-21-32(22-19-28)47-37-16-8-6-14-33(37)36-24-29-12-4-5-13-30(29)25-38(36)47/h1-26,42H,(H,44,45,46). The van der Waals surface area contributed by atoms with Gasteiger partial charge < -0.3 is 9.88 Å². The van der Waals surface area contributed by atoms with Gasteiger partial charge in [0.05, 0.1) is 11.0 Å². The first-order valence-electron chi connectivity index (χ1n) is 16.2. The number of nitrogens with zero attached hydrogens (tertiary/aromatic N) is 3. The van der Waals surface area contributed by atoms with Crippen molar-refractivity contribution >= 4 is 75.8 Å². The first-order chi connectivity index (χ1) is 23.8. The first-order valence-corrected chi connectivity index (χ1v) is 17.0. The van der Waals surface area contributed by atoms with Crippen molar-refractivity contribution in [2.24, 2.45) is 9.98 Å². The average Bonchev–Trinajstić information content (AvgIpc) is 3.69. The molecule has 5 heteroatoms. The number of aromatic nitrogens is 1. The number of hydrogen-bond acceptors (Lipinski definition) is 4. The SMILES string of the molecule is c1ccc(C2=NC(c3ccc(-n4c5ccccc5c5cc6ccccc6cc54)cc3)NC(c3ccc4c(c3)sc3ccccc34)=N2)cc1. The second-order valence-electron chi connectivity index (χ2n) is 12.3. The fourth-order valence-corrected chi connectivity index (χ4v) is 8.24. The number of thiophene rings is 1. The van der Waals surface area contributed by atoms with E-state index in [-0.39, 0.29) is 6.17 Å². The van der Waals surface area contributed by atoms with Crippen molar-refractivity contribution in [3.8, 4) is 5.69 Å². The zero-order valence-electron chi connectivity index (χ0n) is 25.8. The van der Waals surface area contributed by atoms with Crippen LogP contribution < -0.4 is 5.32 Å². The van der Waals surface area contributed by atoms with E-state index in [0.717, 1.165) is 34.0 Å². The molecule has 3 heterocycles. The lowest BCUT2D eigenvalue weighted by Crippen LogP contribution is -2.33. The smallest absolute Gasteiger partial charge is 0.159 e. The zero-order chi connectivity index (χ0) is 31.6. The van der Waals surface area contributed by atoms with Gasteiger partial charge in [0.1, 0.15) is 12.0 Å². The first kappa shape index (κ1) is 27.1. The van der Waals surface area contributed by atoms with Gasteiger partial charge in [0.25, 0.3) is 0 Å². The maximum absolute atomic E-state index is 5.14. The Morgan fingerprint density at radius 2 is 1.23 bits per heavy atom. The van der Waals surface area contributed by atoms with E-state index < -0.39 is 0 Å². The summed E-state index contributed by atoms with van der Waals surface area (Å²) < 4.78 is 4.92. The second kappa shape index (κ2) is 10.8. The molecule has 48 heavy (non-hydrogen) atoms. The predicted octanol–water partition coefficient (Wildman–Crippen LogP) is 10.8. The Bertz CT molecular complexity index is 2750. The van der Waals surface area contributed by atoms with Gasteiger partial charge in [-0.15, -0.1) is 11.3 Å². The second-order valence-corrected chi connectivity index (χ2v) is 13.4. The summed E-state index contributed by atoms with van der Waals surface area (Å²) in [5, 5.41) is 11.3. The zero-order valence-corrected chi connectivity index (χ0v) is 26.7. The van der Waals surface area contributed by atoms with E-state index in [1.54, 1.807) is 0 Å². The van der Waals surface area contributed by atoms with Crippen LogP contribution in [0.5, 0.6) is 0 Å². The summed E-state index contributed by atoms with van der Waals surface area (Å²) in [4.78, 5) is 10.2. The topological polar surface area (TPSA) is 41.7 Å². The monoisotopic (exact) mass is 632 g/mol. The Morgan fingerprint density at radius 1 is 0.521 bits per heavy atom. The molecule has 1 unspecified atom stereocenters. The lowest BCUT2D eigenvalue weighted by molar-refractivity contribution is 0.674. The third-order valence-corrected chi connectivity index (χ3v) is 10.6. The van der Waals surface area contributed by atoms with Gasteiger partial charge in [-0.25, -0.2) is 9.98 Å². The Labute approximate surface area is 281 Å². The minimum atomic E-state index is -0.290. The summed E-state index contributed by atoms with van der Waals surface area (Å²) in [6.07, 6.45) is -0.290. The number of fused-ring (bicyclic) bond motifs is 7. The highest BCUT2D eigenvalue weighted by molar-refractivity contribution is 7.25. The van der Waals surface area contributed by atoms with Gasteiger partial charge in [0.15, 0.2) is 5.84 Å². The molecule has 0 fully saturated rings. The molecule has 1 atom stereocenters. The third kappa shape index (κ3) is 4.36. The summed E-state index contributed by atoms with van der Waals surface area (Å²) >= 11 is 1.82. The van der Waals surface area contributed by atoms with Crippen LogP contribution in [0.2, 0.25) is 0 Å². The van der Waals surface area contributed by atoms with Crippen molar-refractivity contribution in [1.29, 1.82) is 0 Å². The Kier molecular flexibility index (Phi) is 6.08. The molecular formula is C43H28N4S. The van der Waals surface area contributed by atoms with E-state index >= 15 is 0 Å². The van der Waals surface area contributed by atoms with Crippen LogP contribution in [0.3, 0.4) is 0 Å². The molecule has 2 aromatic heterocycles. The molecule has 10 rings (SSSR count). The number of aliphatic imine (C=N–C) groups is 2.